The molecule has 4 aliphatic carbocycles. The molecule has 1 amide bonds. The molecule has 1 heterocycles. The summed E-state index contributed by atoms with van der Waals surface area (Å²) in [4.78, 5) is 15.9. The van der Waals surface area contributed by atoms with Gasteiger partial charge in [0.15, 0.2) is 0 Å². The Morgan fingerprint density at radius 3 is 2.68 bits per heavy atom. The van der Waals surface area contributed by atoms with E-state index in [2.05, 4.69) is 20.8 Å². The number of hydrogen-bond acceptors (Lipinski definition) is 4. The number of carbonyl (C=O) groups excluding carboxylic acids is 1. The molecule has 0 spiro atoms. The number of fused-ring (bicyclic) bond motifs is 6. The monoisotopic (exact) mass is 529 g/mol. The van der Waals surface area contributed by atoms with Gasteiger partial charge in [-0.1, -0.05) is 20.8 Å². The van der Waals surface area contributed by atoms with E-state index in [0.717, 1.165) is 42.7 Å². The van der Waals surface area contributed by atoms with E-state index >= 15 is 0 Å². The van der Waals surface area contributed by atoms with Gasteiger partial charge in [-0.15, -0.1) is 11.8 Å². The molecule has 37 heavy (non-hydrogen) atoms. The molecule has 4 fully saturated rings. The number of aliphatic hydroxyl groups is 2. The highest BCUT2D eigenvalue weighted by Crippen LogP contribution is 2.68. The molecule has 0 saturated heterocycles. The number of benzene rings is 1. The third kappa shape index (κ3) is 4.19. The summed E-state index contributed by atoms with van der Waals surface area (Å²) in [5.41, 5.74) is 1.34. The molecule has 2 N–H and O–H groups in total. The van der Waals surface area contributed by atoms with Crippen molar-refractivity contribution in [2.75, 3.05) is 10.8 Å². The van der Waals surface area contributed by atoms with Crippen molar-refractivity contribution in [1.29, 1.82) is 0 Å². The maximum absolute atomic E-state index is 13.6. The fraction of sp³-hybridized carbons (Fsp3) is 0.774. The Bertz CT molecular complexity index is 1050. The van der Waals surface area contributed by atoms with Gasteiger partial charge in [-0.25, -0.2) is 4.39 Å². The van der Waals surface area contributed by atoms with Gasteiger partial charge < -0.3 is 15.1 Å². The van der Waals surface area contributed by atoms with Gasteiger partial charge in [-0.05, 0) is 122 Å². The van der Waals surface area contributed by atoms with Crippen LogP contribution in [0.2, 0.25) is 0 Å². The first-order valence-electron chi connectivity index (χ1n) is 14.7. The molecule has 6 rings (SSSR count). The first kappa shape index (κ1) is 26.1. The zero-order valence-electron chi connectivity index (χ0n) is 22.7. The number of nitrogens with zero attached hydrogens (tertiary/aromatic N) is 1. The lowest BCUT2D eigenvalue weighted by Gasteiger charge is -2.62. The van der Waals surface area contributed by atoms with Crippen molar-refractivity contribution >= 4 is 23.4 Å². The SMILES string of the molecule is C[C@H](CCC(=O)N1CSc2cc(F)ccc21)[C@H]1CC[C@H]2[C@@H]3[C@@H](O)C[C@@H]4C[C@H](O)CC[C@]4(C)[C@H]3CC[C@]12C. The summed E-state index contributed by atoms with van der Waals surface area (Å²) in [5.74, 6) is 3.49. The molecule has 204 valence electrons. The van der Waals surface area contributed by atoms with Crippen LogP contribution in [0.1, 0.15) is 85.0 Å². The van der Waals surface area contributed by atoms with Gasteiger partial charge >= 0.3 is 0 Å². The molecule has 1 aromatic rings. The molecule has 0 bridgehead atoms. The van der Waals surface area contributed by atoms with E-state index in [-0.39, 0.29) is 34.8 Å². The normalized spacial score (nSPS) is 43.5. The Morgan fingerprint density at radius 1 is 1.11 bits per heavy atom. The van der Waals surface area contributed by atoms with Crippen LogP contribution < -0.4 is 4.90 Å². The molecule has 4 nitrogen and oxygen atoms in total. The van der Waals surface area contributed by atoms with Crippen molar-refractivity contribution in [1.82, 2.24) is 0 Å². The van der Waals surface area contributed by atoms with Gasteiger partial charge in [0.05, 0.1) is 23.8 Å². The van der Waals surface area contributed by atoms with E-state index in [1.54, 1.807) is 6.07 Å². The van der Waals surface area contributed by atoms with Crippen LogP contribution in [0.15, 0.2) is 23.1 Å². The van der Waals surface area contributed by atoms with E-state index in [4.69, 9.17) is 0 Å². The number of anilines is 1. The molecule has 1 aliphatic heterocycles. The molecule has 10 atom stereocenters. The van der Waals surface area contributed by atoms with Crippen LogP contribution >= 0.6 is 11.8 Å². The van der Waals surface area contributed by atoms with Crippen LogP contribution in [0.4, 0.5) is 10.1 Å². The zero-order valence-corrected chi connectivity index (χ0v) is 23.5. The van der Waals surface area contributed by atoms with Gasteiger partial charge in [0.25, 0.3) is 0 Å². The summed E-state index contributed by atoms with van der Waals surface area (Å²) < 4.78 is 13.6. The van der Waals surface area contributed by atoms with Gasteiger partial charge in [-0.3, -0.25) is 4.79 Å². The quantitative estimate of drug-likeness (QED) is 0.460. The van der Waals surface area contributed by atoms with Crippen LogP contribution in [0.25, 0.3) is 0 Å². The Labute approximate surface area is 225 Å². The second-order valence-corrected chi connectivity index (χ2v) is 14.7. The average molecular weight is 530 g/mol. The zero-order chi connectivity index (χ0) is 26.1. The summed E-state index contributed by atoms with van der Waals surface area (Å²) in [6.45, 7) is 7.31. The summed E-state index contributed by atoms with van der Waals surface area (Å²) in [6, 6.07) is 4.71. The van der Waals surface area contributed by atoms with Gasteiger partial charge in [0, 0.05) is 11.3 Å². The van der Waals surface area contributed by atoms with Crippen LogP contribution in [0.5, 0.6) is 0 Å². The predicted octanol–water partition coefficient (Wildman–Crippen LogP) is 6.63. The minimum absolute atomic E-state index is 0.147. The van der Waals surface area contributed by atoms with E-state index in [1.165, 1.54) is 49.6 Å². The average Bonchev–Trinajstić information content (AvgIpc) is 3.44. The fourth-order valence-corrected chi connectivity index (χ4v) is 11.2. The molecule has 0 aromatic heterocycles. The van der Waals surface area contributed by atoms with Gasteiger partial charge in [0.2, 0.25) is 5.91 Å². The summed E-state index contributed by atoms with van der Waals surface area (Å²) in [5, 5.41) is 21.8. The summed E-state index contributed by atoms with van der Waals surface area (Å²) in [6.07, 6.45) is 9.53. The molecule has 1 aromatic carbocycles. The fourth-order valence-electron chi connectivity index (χ4n) is 10.1. The number of amides is 1. The number of carbonyl (C=O) groups is 1. The predicted molar refractivity (Wildman–Crippen MR) is 146 cm³/mol. The number of rotatable bonds is 4. The van der Waals surface area contributed by atoms with Crippen molar-refractivity contribution in [3.8, 4) is 0 Å². The second kappa shape index (κ2) is 9.52. The maximum Gasteiger partial charge on any atom is 0.227 e. The third-order valence-electron chi connectivity index (χ3n) is 12.1. The Hall–Kier alpha value is -1.11. The van der Waals surface area contributed by atoms with Crippen LogP contribution in [-0.4, -0.2) is 34.2 Å². The van der Waals surface area contributed by atoms with Crippen molar-refractivity contribution in [3.05, 3.63) is 24.0 Å². The molecule has 4 saturated carbocycles. The molecule has 6 heteroatoms. The number of aliphatic hydroxyl groups excluding tert-OH is 2. The Kier molecular flexibility index (Phi) is 6.72. The second-order valence-electron chi connectivity index (χ2n) is 13.7. The Balaban J connectivity index is 1.13. The topological polar surface area (TPSA) is 60.8 Å². The lowest BCUT2D eigenvalue weighted by Crippen LogP contribution is -2.58. The lowest BCUT2D eigenvalue weighted by atomic mass is 9.43. The minimum atomic E-state index is -0.249. The lowest BCUT2D eigenvalue weighted by molar-refractivity contribution is -0.174. The molecule has 0 radical (unpaired) electrons. The van der Waals surface area contributed by atoms with E-state index in [1.807, 2.05) is 4.90 Å². The first-order valence-corrected chi connectivity index (χ1v) is 15.7. The van der Waals surface area contributed by atoms with Crippen molar-refractivity contribution in [2.45, 2.75) is 102 Å². The Morgan fingerprint density at radius 2 is 1.86 bits per heavy atom. The third-order valence-corrected chi connectivity index (χ3v) is 13.1. The molecular formula is C31H44FNO3S. The van der Waals surface area contributed by atoms with Crippen LogP contribution in [-0.2, 0) is 4.79 Å². The van der Waals surface area contributed by atoms with Gasteiger partial charge in [0.1, 0.15) is 5.82 Å². The first-order chi connectivity index (χ1) is 17.6. The smallest absolute Gasteiger partial charge is 0.227 e. The van der Waals surface area contributed by atoms with Crippen molar-refractivity contribution < 1.29 is 19.4 Å². The highest BCUT2D eigenvalue weighted by molar-refractivity contribution is 8.00. The molecular weight excluding hydrogens is 485 g/mol. The molecule has 0 unspecified atom stereocenters. The molecule has 5 aliphatic rings. The minimum Gasteiger partial charge on any atom is -0.393 e. The number of halogens is 1. The van der Waals surface area contributed by atoms with Crippen molar-refractivity contribution in [2.24, 2.45) is 46.3 Å². The number of thioether (sulfide) groups is 1. The van der Waals surface area contributed by atoms with Gasteiger partial charge in [-0.2, -0.15) is 0 Å². The maximum atomic E-state index is 13.6. The number of hydrogen-bond donors (Lipinski definition) is 2. The summed E-state index contributed by atoms with van der Waals surface area (Å²) >= 11 is 1.54. The highest BCUT2D eigenvalue weighted by Gasteiger charge is 2.62. The van der Waals surface area contributed by atoms with E-state index < -0.39 is 0 Å². The van der Waals surface area contributed by atoms with Crippen LogP contribution in [0, 0.1) is 52.2 Å². The standard InChI is InChI=1S/C31H44FNO3S/c1-18(4-9-28(36)33-17-37-27-16-20(32)5-8-25(27)33)22-6-7-23-29-24(11-13-31(22,23)3)30(2)12-10-21(34)14-19(30)15-26(29)35/h5,8,16,18-19,21-24,26,29,34-35H,4,6-7,9-15,17H2,1-3H3/t18-,19+,21-,22-,23+,24+,26+,29+,30+,31-/m1/s1. The van der Waals surface area contributed by atoms with Crippen molar-refractivity contribution in [3.63, 3.8) is 0 Å². The summed E-state index contributed by atoms with van der Waals surface area (Å²) in [7, 11) is 0. The largest absolute Gasteiger partial charge is 0.393 e. The van der Waals surface area contributed by atoms with E-state index in [0.29, 0.717) is 47.8 Å². The van der Waals surface area contributed by atoms with E-state index in [9.17, 15) is 19.4 Å². The van der Waals surface area contributed by atoms with Crippen LogP contribution in [0.3, 0.4) is 0 Å². The highest BCUT2D eigenvalue weighted by atomic mass is 32.2.